The molecule has 3 aromatic carbocycles. The number of nitroso groups, excluding NO2 is 1. The third kappa shape index (κ3) is 6.27. The van der Waals surface area contributed by atoms with Gasteiger partial charge in [0, 0.05) is 47.7 Å². The lowest BCUT2D eigenvalue weighted by molar-refractivity contribution is 0.170. The van der Waals surface area contributed by atoms with Crippen LogP contribution in [0.3, 0.4) is 0 Å². The third-order valence-corrected chi connectivity index (χ3v) is 15.9. The zero-order valence-electron chi connectivity index (χ0n) is 27.6. The van der Waals surface area contributed by atoms with Crippen molar-refractivity contribution in [3.05, 3.63) is 41.3 Å². The zero-order chi connectivity index (χ0) is 33.5. The highest BCUT2D eigenvalue weighted by atomic mass is 32.2. The van der Waals surface area contributed by atoms with Crippen molar-refractivity contribution in [2.75, 3.05) is 31.7 Å². The van der Waals surface area contributed by atoms with Gasteiger partial charge in [-0.3, -0.25) is 10.7 Å². The van der Waals surface area contributed by atoms with Crippen LogP contribution in [0.4, 0.5) is 11.4 Å². The molecule has 0 radical (unpaired) electrons. The molecule has 3 aromatic rings. The predicted octanol–water partition coefficient (Wildman–Crippen LogP) is 8.15. The minimum absolute atomic E-state index is 0.00398. The van der Waals surface area contributed by atoms with Crippen LogP contribution in [0, 0.1) is 28.6 Å². The van der Waals surface area contributed by atoms with E-state index in [2.05, 4.69) is 10.7 Å². The molecule has 0 aromatic heterocycles. The van der Waals surface area contributed by atoms with Crippen molar-refractivity contribution in [1.29, 1.82) is 0 Å². The SMILES string of the molecule is O=Nc1c2cc(S(=O)(=O)N3CCC(C4CCCCC4)CC3)ccc2c(NO)c2cc(S(=O)(=O)N3CCC(C4CCCCC4)CC3)ccc12. The van der Waals surface area contributed by atoms with Crippen LogP contribution in [0.1, 0.15) is 89.9 Å². The first kappa shape index (κ1) is 33.8. The molecule has 2 aliphatic carbocycles. The molecular formula is C36H48N4O6S2. The number of sulfonamides is 2. The number of anilines is 1. The Balaban J connectivity index is 1.16. The third-order valence-electron chi connectivity index (χ3n) is 12.1. The molecule has 0 spiro atoms. The van der Waals surface area contributed by atoms with Gasteiger partial charge in [0.05, 0.1) is 15.5 Å². The Morgan fingerprint density at radius 2 is 0.979 bits per heavy atom. The minimum atomic E-state index is -3.83. The second-order valence-corrected chi connectivity index (χ2v) is 18.5. The molecule has 4 fully saturated rings. The van der Waals surface area contributed by atoms with E-state index in [4.69, 9.17) is 0 Å². The number of nitrogens with zero attached hydrogens (tertiary/aromatic N) is 3. The van der Waals surface area contributed by atoms with Crippen LogP contribution < -0.4 is 5.48 Å². The normalized spacial score (nSPS) is 22.4. The Hall–Kier alpha value is -2.64. The average Bonchev–Trinajstić information content (AvgIpc) is 3.14. The molecule has 2 saturated carbocycles. The maximum absolute atomic E-state index is 13.8. The van der Waals surface area contributed by atoms with E-state index in [1.807, 2.05) is 0 Å². The lowest BCUT2D eigenvalue weighted by Crippen LogP contribution is -2.40. The van der Waals surface area contributed by atoms with Gasteiger partial charge in [-0.25, -0.2) is 16.8 Å². The summed E-state index contributed by atoms with van der Waals surface area (Å²) in [6, 6.07) is 8.99. The predicted molar refractivity (Wildman–Crippen MR) is 188 cm³/mol. The van der Waals surface area contributed by atoms with E-state index in [1.54, 1.807) is 14.7 Å². The lowest BCUT2D eigenvalue weighted by atomic mass is 9.76. The number of piperidine rings is 2. The van der Waals surface area contributed by atoms with Crippen molar-refractivity contribution in [2.45, 2.75) is 99.7 Å². The molecule has 4 aliphatic rings. The minimum Gasteiger partial charge on any atom is -0.291 e. The summed E-state index contributed by atoms with van der Waals surface area (Å²) >= 11 is 0. The van der Waals surface area contributed by atoms with Gasteiger partial charge in [-0.15, -0.1) is 4.91 Å². The van der Waals surface area contributed by atoms with Crippen molar-refractivity contribution >= 4 is 53.0 Å². The van der Waals surface area contributed by atoms with Gasteiger partial charge in [-0.2, -0.15) is 8.61 Å². The monoisotopic (exact) mass is 696 g/mol. The maximum Gasteiger partial charge on any atom is 0.243 e. The van der Waals surface area contributed by atoms with Crippen molar-refractivity contribution in [3.63, 3.8) is 0 Å². The quantitative estimate of drug-likeness (QED) is 0.138. The van der Waals surface area contributed by atoms with Crippen LogP contribution in [0.2, 0.25) is 0 Å². The standard InChI is InChI=1S/C36H48N4O6S2/c41-37-35-32-14-12-30(48(45,46)40-21-17-28(18-22-40)26-9-5-2-6-10-26)24-34(32)36(38-42)31-13-11-29(23-33(31)35)47(43,44)39-19-15-27(16-20-39)25-7-3-1-4-8-25/h11-14,23-28,37,41H,1-10,15-22H2. The molecule has 2 heterocycles. The Kier molecular flexibility index (Phi) is 9.82. The van der Waals surface area contributed by atoms with Gasteiger partial charge in [0.15, 0.2) is 0 Å². The Morgan fingerprint density at radius 1 is 0.562 bits per heavy atom. The maximum atomic E-state index is 13.8. The van der Waals surface area contributed by atoms with Crippen LogP contribution in [0.5, 0.6) is 0 Å². The van der Waals surface area contributed by atoms with Crippen molar-refractivity contribution in [3.8, 4) is 0 Å². The van der Waals surface area contributed by atoms with Crippen LogP contribution in [-0.2, 0) is 20.0 Å². The van der Waals surface area contributed by atoms with E-state index in [-0.39, 0.29) is 26.6 Å². The fraction of sp³-hybridized carbons (Fsp3) is 0.611. The highest BCUT2D eigenvalue weighted by Gasteiger charge is 2.35. The van der Waals surface area contributed by atoms with Gasteiger partial charge < -0.3 is 0 Å². The number of fused-ring (bicyclic) bond motifs is 2. The second-order valence-electron chi connectivity index (χ2n) is 14.6. The molecule has 0 atom stereocenters. The van der Waals surface area contributed by atoms with E-state index in [0.29, 0.717) is 66.0 Å². The number of rotatable bonds is 8. The molecule has 2 aliphatic heterocycles. The Bertz CT molecular complexity index is 1870. The fourth-order valence-corrected chi connectivity index (χ4v) is 12.4. The van der Waals surface area contributed by atoms with Crippen LogP contribution >= 0.6 is 0 Å². The van der Waals surface area contributed by atoms with Gasteiger partial charge in [-0.05, 0) is 78.8 Å². The van der Waals surface area contributed by atoms with Crippen molar-refractivity contribution in [2.24, 2.45) is 28.8 Å². The van der Waals surface area contributed by atoms with Crippen molar-refractivity contribution < 1.29 is 22.0 Å². The Labute approximate surface area is 284 Å². The Morgan fingerprint density at radius 3 is 1.42 bits per heavy atom. The first-order chi connectivity index (χ1) is 23.2. The molecule has 0 bridgehead atoms. The number of nitrogens with one attached hydrogen (secondary N) is 1. The summed E-state index contributed by atoms with van der Waals surface area (Å²) in [7, 11) is -7.66. The van der Waals surface area contributed by atoms with Gasteiger partial charge in [0.25, 0.3) is 0 Å². The molecule has 48 heavy (non-hydrogen) atoms. The molecule has 260 valence electrons. The summed E-state index contributed by atoms with van der Waals surface area (Å²) in [6.07, 6.45) is 16.0. The van der Waals surface area contributed by atoms with E-state index < -0.39 is 20.0 Å². The van der Waals surface area contributed by atoms with Crippen molar-refractivity contribution in [1.82, 2.24) is 8.61 Å². The number of hydrogen-bond acceptors (Lipinski definition) is 8. The van der Waals surface area contributed by atoms with E-state index in [1.165, 1.54) is 94.5 Å². The van der Waals surface area contributed by atoms with Gasteiger partial charge in [-0.1, -0.05) is 76.3 Å². The van der Waals surface area contributed by atoms with Crippen LogP contribution in [0.15, 0.2) is 51.4 Å². The van der Waals surface area contributed by atoms with Gasteiger partial charge in [0.2, 0.25) is 20.0 Å². The molecule has 0 unspecified atom stereocenters. The summed E-state index contributed by atoms with van der Waals surface area (Å²) in [5.74, 6) is 2.51. The zero-order valence-corrected chi connectivity index (χ0v) is 29.3. The number of hydrogen-bond donors (Lipinski definition) is 2. The summed E-state index contributed by atoms with van der Waals surface area (Å²) in [5, 5.41) is 14.9. The highest BCUT2D eigenvalue weighted by molar-refractivity contribution is 7.89. The molecular weight excluding hydrogens is 649 g/mol. The molecule has 2 saturated heterocycles. The van der Waals surface area contributed by atoms with E-state index >= 15 is 0 Å². The average molecular weight is 697 g/mol. The van der Waals surface area contributed by atoms with Gasteiger partial charge in [0.1, 0.15) is 5.69 Å². The van der Waals surface area contributed by atoms with E-state index in [0.717, 1.165) is 25.7 Å². The molecule has 10 nitrogen and oxygen atoms in total. The lowest BCUT2D eigenvalue weighted by Gasteiger charge is -2.37. The summed E-state index contributed by atoms with van der Waals surface area (Å²) in [4.78, 5) is 12.5. The summed E-state index contributed by atoms with van der Waals surface area (Å²) in [6.45, 7) is 1.88. The summed E-state index contributed by atoms with van der Waals surface area (Å²) < 4.78 is 58.4. The highest BCUT2D eigenvalue weighted by Crippen LogP contribution is 2.44. The molecule has 2 N–H and O–H groups in total. The molecule has 0 amide bonds. The fourth-order valence-electron chi connectivity index (χ4n) is 9.39. The molecule has 7 rings (SSSR count). The molecule has 12 heteroatoms. The van der Waals surface area contributed by atoms with Gasteiger partial charge >= 0.3 is 0 Å². The largest absolute Gasteiger partial charge is 0.291 e. The van der Waals surface area contributed by atoms with E-state index in [9.17, 15) is 26.9 Å². The summed E-state index contributed by atoms with van der Waals surface area (Å²) in [5.41, 5.74) is 2.41. The smallest absolute Gasteiger partial charge is 0.243 e. The first-order valence-corrected chi connectivity index (χ1v) is 20.9. The first-order valence-electron chi connectivity index (χ1n) is 18.0. The van der Waals surface area contributed by atoms with Crippen LogP contribution in [-0.4, -0.2) is 56.8 Å². The van der Waals surface area contributed by atoms with Crippen LogP contribution in [0.25, 0.3) is 21.5 Å². The topological polar surface area (TPSA) is 136 Å². The number of benzene rings is 3. The second kappa shape index (κ2) is 13.9.